The van der Waals surface area contributed by atoms with Gasteiger partial charge in [-0.3, -0.25) is 9.88 Å². The smallest absolute Gasteiger partial charge is 1.00 e. The van der Waals surface area contributed by atoms with Crippen LogP contribution in [0.25, 0.3) is 0 Å². The summed E-state index contributed by atoms with van der Waals surface area (Å²) in [6.45, 7) is 35.1. The summed E-state index contributed by atoms with van der Waals surface area (Å²) in [4.78, 5) is 7.30. The van der Waals surface area contributed by atoms with Gasteiger partial charge in [-0.2, -0.15) is 0 Å². The molecule has 0 aliphatic heterocycles. The summed E-state index contributed by atoms with van der Waals surface area (Å²) in [5.74, 6) is 2.83. The van der Waals surface area contributed by atoms with Crippen LogP contribution in [0.4, 0.5) is 11.4 Å². The van der Waals surface area contributed by atoms with Crippen LogP contribution >= 0.6 is 0 Å². The van der Waals surface area contributed by atoms with Crippen molar-refractivity contribution in [3.63, 3.8) is 0 Å². The van der Waals surface area contributed by atoms with Gasteiger partial charge in [-0.1, -0.05) is 113 Å². The monoisotopic (exact) mass is 755 g/mol. The van der Waals surface area contributed by atoms with Crippen molar-refractivity contribution in [2.24, 2.45) is 0 Å². The summed E-state index contributed by atoms with van der Waals surface area (Å²) in [5.41, 5.74) is 12.4. The summed E-state index contributed by atoms with van der Waals surface area (Å²) >= 11 is 0. The third-order valence-electron chi connectivity index (χ3n) is 9.22. The minimum Gasteiger partial charge on any atom is -1.00 e. The molecule has 3 aromatic rings. The first-order valence-electron chi connectivity index (χ1n) is 18.1. The van der Waals surface area contributed by atoms with Gasteiger partial charge in [0.1, 0.15) is 0 Å². The first kappa shape index (κ1) is 47.2. The topological polar surface area (TPSA) is 40.2 Å². The van der Waals surface area contributed by atoms with Crippen molar-refractivity contribution in [2.45, 2.75) is 151 Å². The molecule has 2 unspecified atom stereocenters. The van der Waals surface area contributed by atoms with Crippen molar-refractivity contribution in [1.29, 1.82) is 0 Å². The number of nitrogens with one attached hydrogen (secondary N) is 2. The minimum atomic E-state index is 0. The van der Waals surface area contributed by atoms with E-state index in [0.717, 1.165) is 25.3 Å². The van der Waals surface area contributed by atoms with Crippen LogP contribution in [0.2, 0.25) is 0 Å². The Labute approximate surface area is 323 Å². The Balaban J connectivity index is 0.00000768. The summed E-state index contributed by atoms with van der Waals surface area (Å²) in [7, 11) is 0. The number of anilines is 2. The molecule has 277 valence electrons. The predicted molar refractivity (Wildman–Crippen MR) is 203 cm³/mol. The largest absolute Gasteiger partial charge is 2.00 e. The molecule has 0 fully saturated rings. The normalized spacial score (nSPS) is 12.8. The summed E-state index contributed by atoms with van der Waals surface area (Å²) in [5, 5.41) is 8.06. The number of benzene rings is 2. The van der Waals surface area contributed by atoms with Gasteiger partial charge in [-0.25, -0.2) is 0 Å². The van der Waals surface area contributed by atoms with Gasteiger partial charge in [0.05, 0.1) is 5.69 Å². The van der Waals surface area contributed by atoms with E-state index in [1.54, 1.807) is 0 Å². The molecule has 7 heteroatoms. The third kappa shape index (κ3) is 13.4. The van der Waals surface area contributed by atoms with E-state index in [0.29, 0.717) is 35.5 Å². The third-order valence-corrected chi connectivity index (χ3v) is 9.22. The minimum absolute atomic E-state index is 0. The van der Waals surface area contributed by atoms with Crippen LogP contribution in [0.5, 0.6) is 0 Å². The second kappa shape index (κ2) is 21.6. The summed E-state index contributed by atoms with van der Waals surface area (Å²) in [6, 6.07) is 16.6. The first-order valence-corrected chi connectivity index (χ1v) is 18.1. The molecule has 2 N–H and O–H groups in total. The number of rotatable bonds is 16. The fourth-order valence-electron chi connectivity index (χ4n) is 6.53. The Kier molecular flexibility index (Phi) is 20.8. The Morgan fingerprint density at radius 1 is 0.531 bits per heavy atom. The zero-order valence-corrected chi connectivity index (χ0v) is 35.4. The second-order valence-corrected chi connectivity index (χ2v) is 15.7. The number of hydrogen-bond acceptors (Lipinski definition) is 4. The van der Waals surface area contributed by atoms with Crippen LogP contribution in [0.15, 0.2) is 48.7 Å². The van der Waals surface area contributed by atoms with Gasteiger partial charge < -0.3 is 35.4 Å². The zero-order chi connectivity index (χ0) is 34.3. The van der Waals surface area contributed by atoms with Crippen molar-refractivity contribution in [2.75, 3.05) is 23.7 Å². The van der Waals surface area contributed by atoms with Crippen LogP contribution in [0.3, 0.4) is 0 Å². The first-order chi connectivity index (χ1) is 21.6. The van der Waals surface area contributed by atoms with E-state index < -0.39 is 0 Å². The maximum atomic E-state index is 4.72. The fraction of sp³-hybridized carbons (Fsp3) is 0.595. The van der Waals surface area contributed by atoms with Gasteiger partial charge in [0, 0.05) is 49.3 Å². The Bertz CT molecular complexity index is 1250. The molecular weight excluding hydrogens is 690 g/mol. The van der Waals surface area contributed by atoms with E-state index in [4.69, 9.17) is 4.98 Å². The van der Waals surface area contributed by atoms with Crippen LogP contribution in [0, 0.1) is 0 Å². The van der Waals surface area contributed by atoms with Crippen LogP contribution in [-0.4, -0.2) is 35.1 Å². The summed E-state index contributed by atoms with van der Waals surface area (Å²) < 4.78 is 0. The quantitative estimate of drug-likeness (QED) is 0.199. The molecule has 0 aliphatic carbocycles. The van der Waals surface area contributed by atoms with E-state index >= 15 is 0 Å². The molecule has 0 spiro atoms. The molecule has 49 heavy (non-hydrogen) atoms. The zero-order valence-electron chi connectivity index (χ0n) is 32.8. The van der Waals surface area contributed by atoms with Gasteiger partial charge in [0.2, 0.25) is 0 Å². The van der Waals surface area contributed by atoms with Crippen molar-refractivity contribution in [3.8, 4) is 0 Å². The molecule has 3 rings (SSSR count). The number of pyridine rings is 1. The number of halogens is 2. The second-order valence-electron chi connectivity index (χ2n) is 15.7. The molecule has 0 bridgehead atoms. The van der Waals surface area contributed by atoms with Crippen LogP contribution in [0.1, 0.15) is 172 Å². The van der Waals surface area contributed by atoms with Crippen molar-refractivity contribution < 1.29 is 41.6 Å². The molecule has 0 amide bonds. The molecule has 2 aromatic carbocycles. The summed E-state index contributed by atoms with van der Waals surface area (Å²) in [6.07, 6.45) is 1.91. The average molecular weight is 757 g/mol. The van der Waals surface area contributed by atoms with Gasteiger partial charge in [-0.15, -0.1) is 0 Å². The van der Waals surface area contributed by atoms with Gasteiger partial charge in [0.25, 0.3) is 0 Å². The Hall–Kier alpha value is -1.76. The molecule has 0 saturated carbocycles. The molecule has 0 saturated heterocycles. The molecule has 4 nitrogen and oxygen atoms in total. The van der Waals surface area contributed by atoms with E-state index in [-0.39, 0.29) is 53.7 Å². The van der Waals surface area contributed by atoms with Gasteiger partial charge in [-0.05, 0) is 94.9 Å². The molecule has 1 aromatic heterocycles. The maximum absolute atomic E-state index is 4.72. The van der Waals surface area contributed by atoms with Gasteiger partial charge >= 0.3 is 16.8 Å². The van der Waals surface area contributed by atoms with E-state index in [9.17, 15) is 0 Å². The Morgan fingerprint density at radius 3 is 1.14 bits per heavy atom. The van der Waals surface area contributed by atoms with E-state index in [2.05, 4.69) is 149 Å². The molecule has 1 heterocycles. The van der Waals surface area contributed by atoms with Crippen molar-refractivity contribution >= 4 is 11.4 Å². The average Bonchev–Trinajstić information content (AvgIpc) is 2.96. The van der Waals surface area contributed by atoms with E-state index in [1.807, 2.05) is 12.3 Å². The molecule has 1 radical (unpaired) electrons. The predicted octanol–water partition coefficient (Wildman–Crippen LogP) is 5.63. The van der Waals surface area contributed by atoms with Crippen molar-refractivity contribution in [3.05, 3.63) is 87.7 Å². The maximum Gasteiger partial charge on any atom is 2.00 e. The molecule has 2 atom stereocenters. The fourth-order valence-corrected chi connectivity index (χ4v) is 6.53. The SMILES string of the molecule is CC(CN(Cc1ccccn1)CC(C)Nc1c(C(C)C)cc(C(C)C)cc1C(C)C)Nc1c(C(C)C)cc(C(C)C)cc1C(C)C.[Cl-].[Cl-].[Co+2]. The number of hydrogen-bond donors (Lipinski definition) is 2. The number of aromatic nitrogens is 1. The van der Waals surface area contributed by atoms with E-state index in [1.165, 1.54) is 44.8 Å². The Morgan fingerprint density at radius 2 is 0.878 bits per heavy atom. The van der Waals surface area contributed by atoms with Crippen LogP contribution in [-0.2, 0) is 23.3 Å². The van der Waals surface area contributed by atoms with Crippen LogP contribution < -0.4 is 35.4 Å². The van der Waals surface area contributed by atoms with Crippen molar-refractivity contribution in [1.82, 2.24) is 9.88 Å². The standard InChI is InChI=1S/C42H66N4.2ClH.Co/c1-26(2)34-19-37(28(5)6)41(38(20-34)29(7)8)44-32(13)23-46(25-36-17-15-16-18-43-36)24-33(14)45-42-39(30(9)10)21-35(27(3)4)22-40(42)31(11)12;;;/h15-22,26-33,44-45H,23-25H2,1-14H3;2*1H;/q;;;+2/p-2. The van der Waals surface area contributed by atoms with Gasteiger partial charge in [0.15, 0.2) is 0 Å². The molecular formula is C42H66Cl2CoN4. The molecule has 0 aliphatic rings. The number of nitrogens with zero attached hydrogens (tertiary/aromatic N) is 2.